The maximum absolute atomic E-state index is 14.6. The molecule has 6 rings (SSSR count). The van der Waals surface area contributed by atoms with Crippen LogP contribution in [0.1, 0.15) is 31.4 Å². The number of nitrogens with one attached hydrogen (secondary N) is 1. The fraction of sp³-hybridized carbons (Fsp3) is 0.500. The number of rotatable bonds is 6. The molecule has 3 aromatic rings. The van der Waals surface area contributed by atoms with E-state index in [1.165, 1.54) is 0 Å². The molecule has 2 fully saturated rings. The standard InChI is InChI=1S/C24H26F3N7O/c1-13-16(8-22(26)27)23-19(29-13)3-2-18(30-23)15-4-7-34-21(15)9-28-24(32-34)31-20-10-33(6-5-17(20)25)14-11-35-12-14/h2-4,7,9,14,16-17,20,22H,5-6,8,10-12H2,1H3,(H,31,32)/t16?,17-,20+/m1/s1. The molecule has 2 saturated heterocycles. The molecule has 0 spiro atoms. The van der Waals surface area contributed by atoms with Crippen LogP contribution >= 0.6 is 0 Å². The molecule has 35 heavy (non-hydrogen) atoms. The number of aromatic nitrogens is 4. The Kier molecular flexibility index (Phi) is 5.68. The highest BCUT2D eigenvalue weighted by atomic mass is 19.3. The van der Waals surface area contributed by atoms with Crippen molar-refractivity contribution in [1.29, 1.82) is 0 Å². The number of aliphatic imine (C=N–C) groups is 1. The molecule has 184 valence electrons. The maximum atomic E-state index is 14.6. The van der Waals surface area contributed by atoms with Gasteiger partial charge in [-0.2, -0.15) is 0 Å². The number of halogens is 3. The highest BCUT2D eigenvalue weighted by Crippen LogP contribution is 2.39. The van der Waals surface area contributed by atoms with Crippen LogP contribution in [0, 0.1) is 0 Å². The van der Waals surface area contributed by atoms with Crippen molar-refractivity contribution in [1.82, 2.24) is 24.5 Å². The molecule has 1 N–H and O–H groups in total. The minimum Gasteiger partial charge on any atom is -0.378 e. The van der Waals surface area contributed by atoms with E-state index >= 15 is 0 Å². The van der Waals surface area contributed by atoms with Gasteiger partial charge in [0.15, 0.2) is 0 Å². The van der Waals surface area contributed by atoms with Gasteiger partial charge >= 0.3 is 0 Å². The van der Waals surface area contributed by atoms with Crippen LogP contribution in [-0.2, 0) is 4.74 Å². The molecule has 0 bridgehead atoms. The summed E-state index contributed by atoms with van der Waals surface area (Å²) in [6.45, 7) is 4.46. The summed E-state index contributed by atoms with van der Waals surface area (Å²) in [6.07, 6.45) is 0.217. The third-order valence-electron chi connectivity index (χ3n) is 7.15. The minimum atomic E-state index is -2.43. The molecular weight excluding hydrogens is 459 g/mol. The van der Waals surface area contributed by atoms with Crippen LogP contribution in [0.4, 0.5) is 24.8 Å². The molecule has 3 atom stereocenters. The van der Waals surface area contributed by atoms with Gasteiger partial charge < -0.3 is 10.1 Å². The van der Waals surface area contributed by atoms with E-state index in [-0.39, 0.29) is 6.42 Å². The second-order valence-corrected chi connectivity index (χ2v) is 9.42. The Morgan fingerprint density at radius 2 is 2.09 bits per heavy atom. The fourth-order valence-corrected chi connectivity index (χ4v) is 5.09. The third kappa shape index (κ3) is 4.16. The molecule has 3 aliphatic rings. The Balaban J connectivity index is 1.23. The van der Waals surface area contributed by atoms with E-state index in [1.54, 1.807) is 23.8 Å². The Morgan fingerprint density at radius 1 is 1.23 bits per heavy atom. The topological polar surface area (TPSA) is 79.9 Å². The third-order valence-corrected chi connectivity index (χ3v) is 7.15. The molecule has 3 aromatic heterocycles. The molecule has 8 nitrogen and oxygen atoms in total. The van der Waals surface area contributed by atoms with Crippen molar-refractivity contribution >= 4 is 22.9 Å². The van der Waals surface area contributed by atoms with Gasteiger partial charge in [-0.05, 0) is 31.5 Å². The van der Waals surface area contributed by atoms with Crippen LogP contribution in [0.25, 0.3) is 16.8 Å². The zero-order valence-corrected chi connectivity index (χ0v) is 19.2. The molecule has 0 aromatic carbocycles. The normalized spacial score (nSPS) is 25.1. The number of nitrogens with zero attached hydrogens (tertiary/aromatic N) is 6. The first-order valence-electron chi connectivity index (χ1n) is 11.9. The Labute approximate surface area is 200 Å². The van der Waals surface area contributed by atoms with Crippen molar-refractivity contribution in [3.63, 3.8) is 0 Å². The van der Waals surface area contributed by atoms with E-state index in [0.29, 0.717) is 61.0 Å². The minimum absolute atomic E-state index is 0.296. The van der Waals surface area contributed by atoms with Gasteiger partial charge in [-0.15, -0.1) is 5.10 Å². The Hall–Kier alpha value is -3.05. The number of ether oxygens (including phenoxy) is 1. The summed E-state index contributed by atoms with van der Waals surface area (Å²) in [4.78, 5) is 15.8. The lowest BCUT2D eigenvalue weighted by atomic mass is 9.97. The summed E-state index contributed by atoms with van der Waals surface area (Å²) in [5.74, 6) is -0.136. The summed E-state index contributed by atoms with van der Waals surface area (Å²) < 4.78 is 47.8. The van der Waals surface area contributed by atoms with Crippen LogP contribution in [0.3, 0.4) is 0 Å². The molecule has 3 aliphatic heterocycles. The van der Waals surface area contributed by atoms with Crippen LogP contribution in [0.5, 0.6) is 0 Å². The first-order valence-corrected chi connectivity index (χ1v) is 11.9. The van der Waals surface area contributed by atoms with Crippen LogP contribution in [-0.4, -0.2) is 81.2 Å². The lowest BCUT2D eigenvalue weighted by molar-refractivity contribution is -0.0767. The number of piperidine rings is 1. The van der Waals surface area contributed by atoms with E-state index in [2.05, 4.69) is 25.3 Å². The Morgan fingerprint density at radius 3 is 2.86 bits per heavy atom. The van der Waals surface area contributed by atoms with E-state index in [1.807, 2.05) is 18.2 Å². The van der Waals surface area contributed by atoms with Gasteiger partial charge in [0, 0.05) is 42.9 Å². The lowest BCUT2D eigenvalue weighted by Gasteiger charge is -2.43. The van der Waals surface area contributed by atoms with E-state index in [0.717, 1.165) is 17.6 Å². The number of alkyl halides is 3. The number of anilines is 1. The number of pyridine rings is 1. The van der Waals surface area contributed by atoms with Crippen LogP contribution < -0.4 is 5.32 Å². The molecule has 11 heteroatoms. The molecule has 0 saturated carbocycles. The van der Waals surface area contributed by atoms with Gasteiger partial charge in [0.1, 0.15) is 6.17 Å². The first-order chi connectivity index (χ1) is 17.0. The van der Waals surface area contributed by atoms with Gasteiger partial charge in [0.05, 0.1) is 54.1 Å². The number of fused-ring (bicyclic) bond motifs is 2. The highest BCUT2D eigenvalue weighted by molar-refractivity contribution is 5.96. The van der Waals surface area contributed by atoms with Gasteiger partial charge in [-0.1, -0.05) is 0 Å². The van der Waals surface area contributed by atoms with Gasteiger partial charge in [-0.3, -0.25) is 9.89 Å². The quantitative estimate of drug-likeness (QED) is 0.571. The predicted octanol–water partition coefficient (Wildman–Crippen LogP) is 3.86. The average Bonchev–Trinajstić information content (AvgIpc) is 3.35. The molecule has 6 heterocycles. The van der Waals surface area contributed by atoms with Crippen molar-refractivity contribution in [2.24, 2.45) is 4.99 Å². The van der Waals surface area contributed by atoms with E-state index in [9.17, 15) is 13.2 Å². The van der Waals surface area contributed by atoms with Gasteiger partial charge in [0.25, 0.3) is 0 Å². The summed E-state index contributed by atoms with van der Waals surface area (Å²) in [5.41, 5.74) is 4.03. The summed E-state index contributed by atoms with van der Waals surface area (Å²) in [5, 5.41) is 7.69. The molecule has 1 unspecified atom stereocenters. The van der Waals surface area contributed by atoms with Crippen molar-refractivity contribution in [3.05, 3.63) is 36.3 Å². The zero-order valence-electron chi connectivity index (χ0n) is 19.2. The number of likely N-dealkylation sites (tertiary alicyclic amines) is 1. The monoisotopic (exact) mass is 485 g/mol. The van der Waals surface area contributed by atoms with Gasteiger partial charge in [0.2, 0.25) is 12.4 Å². The summed E-state index contributed by atoms with van der Waals surface area (Å²) in [7, 11) is 0. The fourth-order valence-electron chi connectivity index (χ4n) is 5.09. The summed E-state index contributed by atoms with van der Waals surface area (Å²) in [6, 6.07) is 5.47. The zero-order chi connectivity index (χ0) is 24.1. The Bertz CT molecular complexity index is 1280. The van der Waals surface area contributed by atoms with Crippen molar-refractivity contribution in [2.75, 3.05) is 31.6 Å². The van der Waals surface area contributed by atoms with E-state index in [4.69, 9.17) is 9.72 Å². The molecule has 0 aliphatic carbocycles. The number of hydrogen-bond donors (Lipinski definition) is 1. The maximum Gasteiger partial charge on any atom is 0.241 e. The first kappa shape index (κ1) is 22.4. The molecular formula is C24H26F3N7O. The van der Waals surface area contributed by atoms with Gasteiger partial charge in [-0.25, -0.2) is 27.7 Å². The van der Waals surface area contributed by atoms with Crippen LogP contribution in [0.2, 0.25) is 0 Å². The second kappa shape index (κ2) is 8.87. The summed E-state index contributed by atoms with van der Waals surface area (Å²) >= 11 is 0. The van der Waals surface area contributed by atoms with Crippen molar-refractivity contribution in [2.45, 2.75) is 50.4 Å². The molecule has 0 amide bonds. The predicted molar refractivity (Wildman–Crippen MR) is 125 cm³/mol. The SMILES string of the molecule is CC1=Nc2ccc(-c3ccn4nc(N[C@H]5CN(C6COC6)CC[C@H]5F)ncc34)nc2C1CC(F)F. The molecule has 0 radical (unpaired) electrons. The van der Waals surface area contributed by atoms with Crippen molar-refractivity contribution < 1.29 is 17.9 Å². The largest absolute Gasteiger partial charge is 0.378 e. The number of hydrogen-bond acceptors (Lipinski definition) is 7. The average molecular weight is 486 g/mol. The smallest absolute Gasteiger partial charge is 0.241 e. The second-order valence-electron chi connectivity index (χ2n) is 9.42. The van der Waals surface area contributed by atoms with Crippen molar-refractivity contribution in [3.8, 4) is 11.3 Å². The lowest BCUT2D eigenvalue weighted by Crippen LogP contribution is -2.57. The van der Waals surface area contributed by atoms with Crippen LogP contribution in [0.15, 0.2) is 35.6 Å². The van der Waals surface area contributed by atoms with E-state index < -0.39 is 24.6 Å². The highest BCUT2D eigenvalue weighted by Gasteiger charge is 2.35.